The molecule has 1 heterocycles. The third-order valence-corrected chi connectivity index (χ3v) is 3.79. The topological polar surface area (TPSA) is 30.2 Å². The van der Waals surface area contributed by atoms with E-state index in [9.17, 15) is 4.79 Å². The Hall–Kier alpha value is -1.31. The molecule has 0 unspecified atom stereocenters. The molecule has 0 amide bonds. The number of allylic oxidation sites excluding steroid dienone is 2. The molecule has 3 rings (SSSR count). The number of furan rings is 1. The quantitative estimate of drug-likeness (QED) is 0.718. The van der Waals surface area contributed by atoms with E-state index < -0.39 is 0 Å². The summed E-state index contributed by atoms with van der Waals surface area (Å²) in [5.41, 5.74) is 2.50. The molecule has 2 nitrogen and oxygen atoms in total. The number of hydrogen-bond acceptors (Lipinski definition) is 2. The van der Waals surface area contributed by atoms with Gasteiger partial charge in [-0.15, -0.1) is 0 Å². The third-order valence-electron chi connectivity index (χ3n) is 3.79. The Labute approximate surface area is 95.3 Å². The smallest absolute Gasteiger partial charge is 0.159 e. The van der Waals surface area contributed by atoms with Gasteiger partial charge >= 0.3 is 0 Å². The molecule has 1 aromatic rings. The van der Waals surface area contributed by atoms with Crippen molar-refractivity contribution in [1.29, 1.82) is 0 Å². The minimum atomic E-state index is 0.246. The van der Waals surface area contributed by atoms with Crippen LogP contribution in [-0.4, -0.2) is 5.78 Å². The zero-order valence-electron chi connectivity index (χ0n) is 9.37. The SMILES string of the molecule is O=C1C[C@@H](c2ccco2)C2=C1CCCCC2. The van der Waals surface area contributed by atoms with Gasteiger partial charge in [-0.2, -0.15) is 0 Å². The normalized spacial score (nSPS) is 25.8. The van der Waals surface area contributed by atoms with Crippen LogP contribution in [0, 0.1) is 0 Å². The number of rotatable bonds is 1. The fraction of sp³-hybridized carbons (Fsp3) is 0.500. The molecule has 1 atom stereocenters. The molecule has 2 heteroatoms. The molecule has 0 fully saturated rings. The van der Waals surface area contributed by atoms with E-state index in [2.05, 4.69) is 0 Å². The van der Waals surface area contributed by atoms with E-state index >= 15 is 0 Å². The van der Waals surface area contributed by atoms with Crippen LogP contribution in [0.4, 0.5) is 0 Å². The molecule has 0 N–H and O–H groups in total. The molecule has 0 saturated heterocycles. The largest absolute Gasteiger partial charge is 0.469 e. The van der Waals surface area contributed by atoms with Gasteiger partial charge in [0.25, 0.3) is 0 Å². The van der Waals surface area contributed by atoms with E-state index in [0.717, 1.165) is 24.2 Å². The highest BCUT2D eigenvalue weighted by Gasteiger charge is 2.34. The monoisotopic (exact) mass is 216 g/mol. The fourth-order valence-electron chi connectivity index (χ4n) is 3.00. The van der Waals surface area contributed by atoms with E-state index in [1.54, 1.807) is 6.26 Å². The maximum Gasteiger partial charge on any atom is 0.159 e. The summed E-state index contributed by atoms with van der Waals surface area (Å²) >= 11 is 0. The van der Waals surface area contributed by atoms with Crippen LogP contribution in [0.3, 0.4) is 0 Å². The van der Waals surface area contributed by atoms with Crippen LogP contribution in [0.15, 0.2) is 34.0 Å². The molecule has 1 aromatic heterocycles. The van der Waals surface area contributed by atoms with Gasteiger partial charge in [0.05, 0.1) is 6.26 Å². The van der Waals surface area contributed by atoms with E-state index in [1.807, 2.05) is 12.1 Å². The van der Waals surface area contributed by atoms with Crippen LogP contribution < -0.4 is 0 Å². The maximum absolute atomic E-state index is 12.0. The summed E-state index contributed by atoms with van der Waals surface area (Å²) in [6.07, 6.45) is 8.08. The highest BCUT2D eigenvalue weighted by molar-refractivity contribution is 6.00. The number of carbonyl (C=O) groups excluding carboxylic acids is 1. The molecule has 0 aliphatic heterocycles. The summed E-state index contributed by atoms with van der Waals surface area (Å²) in [6, 6.07) is 3.91. The van der Waals surface area contributed by atoms with Crippen LogP contribution in [0.25, 0.3) is 0 Å². The van der Waals surface area contributed by atoms with Gasteiger partial charge in [0, 0.05) is 12.3 Å². The van der Waals surface area contributed by atoms with Crippen molar-refractivity contribution >= 4 is 5.78 Å². The molecule has 0 radical (unpaired) electrons. The summed E-state index contributed by atoms with van der Waals surface area (Å²) in [7, 11) is 0. The number of carbonyl (C=O) groups is 1. The third kappa shape index (κ3) is 1.53. The van der Waals surface area contributed by atoms with Crippen molar-refractivity contribution in [2.24, 2.45) is 0 Å². The van der Waals surface area contributed by atoms with Gasteiger partial charge in [-0.1, -0.05) is 12.0 Å². The zero-order valence-corrected chi connectivity index (χ0v) is 9.37. The van der Waals surface area contributed by atoms with Crippen LogP contribution >= 0.6 is 0 Å². The molecule has 16 heavy (non-hydrogen) atoms. The molecule has 2 aliphatic carbocycles. The lowest BCUT2D eigenvalue weighted by molar-refractivity contribution is -0.115. The highest BCUT2D eigenvalue weighted by Crippen LogP contribution is 2.43. The summed E-state index contributed by atoms with van der Waals surface area (Å²) in [5.74, 6) is 1.58. The lowest BCUT2D eigenvalue weighted by Crippen LogP contribution is -1.99. The minimum Gasteiger partial charge on any atom is -0.469 e. The summed E-state index contributed by atoms with van der Waals surface area (Å²) in [4.78, 5) is 12.0. The molecular formula is C14H16O2. The number of Topliss-reactive ketones (excluding diaryl/α,β-unsaturated/α-hetero) is 1. The van der Waals surface area contributed by atoms with Gasteiger partial charge in [0.15, 0.2) is 5.78 Å². The number of hydrogen-bond donors (Lipinski definition) is 0. The molecule has 0 saturated carbocycles. The van der Waals surface area contributed by atoms with Crippen molar-refractivity contribution < 1.29 is 9.21 Å². The summed E-state index contributed by atoms with van der Waals surface area (Å²) in [6.45, 7) is 0. The average molecular weight is 216 g/mol. The first kappa shape index (κ1) is 9.88. The molecule has 0 aromatic carbocycles. The van der Waals surface area contributed by atoms with Crippen LogP contribution in [0.5, 0.6) is 0 Å². The van der Waals surface area contributed by atoms with Gasteiger partial charge in [0.2, 0.25) is 0 Å². The lowest BCUT2D eigenvalue weighted by atomic mass is 9.94. The van der Waals surface area contributed by atoms with Crippen LogP contribution in [-0.2, 0) is 4.79 Å². The van der Waals surface area contributed by atoms with E-state index in [4.69, 9.17) is 4.42 Å². The molecule has 2 aliphatic rings. The lowest BCUT2D eigenvalue weighted by Gasteiger charge is -2.10. The first-order valence-electron chi connectivity index (χ1n) is 6.15. The first-order valence-corrected chi connectivity index (χ1v) is 6.15. The minimum absolute atomic E-state index is 0.246. The van der Waals surface area contributed by atoms with Crippen molar-refractivity contribution in [3.8, 4) is 0 Å². The first-order chi connectivity index (χ1) is 7.86. The standard InChI is InChI=1S/C14H16O2/c15-13-9-12(14-7-4-8-16-14)10-5-2-1-3-6-11(10)13/h4,7-8,12H,1-3,5-6,9H2/t12-/m1/s1. The van der Waals surface area contributed by atoms with E-state index in [0.29, 0.717) is 12.2 Å². The molecule has 0 spiro atoms. The van der Waals surface area contributed by atoms with Crippen LogP contribution in [0.1, 0.15) is 50.2 Å². The summed E-state index contributed by atoms with van der Waals surface area (Å²) in [5, 5.41) is 0. The van der Waals surface area contributed by atoms with Crippen molar-refractivity contribution in [3.05, 3.63) is 35.3 Å². The van der Waals surface area contributed by atoms with Crippen LogP contribution in [0.2, 0.25) is 0 Å². The molecule has 84 valence electrons. The second kappa shape index (κ2) is 3.93. The number of ketones is 1. The predicted octanol–water partition coefficient (Wildman–Crippen LogP) is 3.60. The Kier molecular flexibility index (Phi) is 2.43. The molecule has 0 bridgehead atoms. The summed E-state index contributed by atoms with van der Waals surface area (Å²) < 4.78 is 5.47. The molecular weight excluding hydrogens is 200 g/mol. The predicted molar refractivity (Wildman–Crippen MR) is 61.2 cm³/mol. The van der Waals surface area contributed by atoms with E-state index in [-0.39, 0.29) is 5.92 Å². The van der Waals surface area contributed by atoms with Gasteiger partial charge in [-0.05, 0) is 43.4 Å². The zero-order chi connectivity index (χ0) is 11.0. The second-order valence-electron chi connectivity index (χ2n) is 4.76. The van der Waals surface area contributed by atoms with Crippen molar-refractivity contribution in [3.63, 3.8) is 0 Å². The highest BCUT2D eigenvalue weighted by atomic mass is 16.3. The Bertz CT molecular complexity index is 426. The van der Waals surface area contributed by atoms with Gasteiger partial charge in [-0.3, -0.25) is 4.79 Å². The van der Waals surface area contributed by atoms with Crippen molar-refractivity contribution in [2.75, 3.05) is 0 Å². The van der Waals surface area contributed by atoms with Gasteiger partial charge < -0.3 is 4.42 Å². The Morgan fingerprint density at radius 3 is 2.88 bits per heavy atom. The van der Waals surface area contributed by atoms with Gasteiger partial charge in [-0.25, -0.2) is 0 Å². The average Bonchev–Trinajstić information content (AvgIpc) is 2.82. The fourth-order valence-corrected chi connectivity index (χ4v) is 3.00. The maximum atomic E-state index is 12.0. The van der Waals surface area contributed by atoms with Gasteiger partial charge in [0.1, 0.15) is 5.76 Å². The Balaban J connectivity index is 1.97. The van der Waals surface area contributed by atoms with Crippen molar-refractivity contribution in [2.45, 2.75) is 44.4 Å². The van der Waals surface area contributed by atoms with Crippen molar-refractivity contribution in [1.82, 2.24) is 0 Å². The Morgan fingerprint density at radius 1 is 1.19 bits per heavy atom. The Morgan fingerprint density at radius 2 is 2.06 bits per heavy atom. The van der Waals surface area contributed by atoms with E-state index in [1.165, 1.54) is 24.8 Å². The second-order valence-corrected chi connectivity index (χ2v) is 4.76.